The van der Waals surface area contributed by atoms with Gasteiger partial charge in [0.15, 0.2) is 0 Å². The number of benzene rings is 1. The van der Waals surface area contributed by atoms with Crippen molar-refractivity contribution >= 4 is 5.91 Å². The van der Waals surface area contributed by atoms with Gasteiger partial charge in [-0.2, -0.15) is 0 Å². The van der Waals surface area contributed by atoms with Crippen LogP contribution in [0.4, 0.5) is 0 Å². The van der Waals surface area contributed by atoms with Gasteiger partial charge in [-0.3, -0.25) is 4.79 Å². The van der Waals surface area contributed by atoms with Gasteiger partial charge in [0, 0.05) is 12.5 Å². The van der Waals surface area contributed by atoms with Crippen LogP contribution < -0.4 is 11.1 Å². The molecule has 4 N–H and O–H groups in total. The summed E-state index contributed by atoms with van der Waals surface area (Å²) in [6.45, 7) is 6.19. The largest absolute Gasteiger partial charge is 0.394 e. The molecule has 1 unspecified atom stereocenters. The Morgan fingerprint density at radius 1 is 1.30 bits per heavy atom. The maximum Gasteiger partial charge on any atom is 0.222 e. The second kappa shape index (κ2) is 7.41. The Morgan fingerprint density at radius 3 is 2.40 bits per heavy atom. The van der Waals surface area contributed by atoms with Crippen molar-refractivity contribution in [1.29, 1.82) is 0 Å². The second-order valence-corrected chi connectivity index (χ2v) is 6.44. The molecule has 4 heteroatoms. The predicted octanol–water partition coefficient (Wildman–Crippen LogP) is 1.99. The molecule has 0 aliphatic rings. The van der Waals surface area contributed by atoms with E-state index in [9.17, 15) is 9.90 Å². The fourth-order valence-corrected chi connectivity index (χ4v) is 2.27. The summed E-state index contributed by atoms with van der Waals surface area (Å²) < 4.78 is 0. The smallest absolute Gasteiger partial charge is 0.222 e. The van der Waals surface area contributed by atoms with Crippen LogP contribution in [-0.2, 0) is 4.79 Å². The van der Waals surface area contributed by atoms with E-state index < -0.39 is 0 Å². The highest BCUT2D eigenvalue weighted by Gasteiger charge is 2.20. The molecule has 1 rings (SSSR count). The van der Waals surface area contributed by atoms with Gasteiger partial charge >= 0.3 is 0 Å². The Balaban J connectivity index is 2.52. The molecule has 0 aliphatic heterocycles. The zero-order chi connectivity index (χ0) is 15.2. The van der Waals surface area contributed by atoms with Crippen LogP contribution in [0.15, 0.2) is 30.3 Å². The minimum atomic E-state index is -0.370. The summed E-state index contributed by atoms with van der Waals surface area (Å²) in [4.78, 5) is 12.0. The monoisotopic (exact) mass is 278 g/mol. The van der Waals surface area contributed by atoms with Crippen molar-refractivity contribution in [2.45, 2.75) is 45.7 Å². The lowest BCUT2D eigenvalue weighted by atomic mass is 9.87. The van der Waals surface area contributed by atoms with Crippen molar-refractivity contribution in [3.63, 3.8) is 0 Å². The lowest BCUT2D eigenvalue weighted by molar-refractivity contribution is -0.122. The minimum absolute atomic E-state index is 0.107. The number of rotatable bonds is 6. The number of hydrogen-bond donors (Lipinski definition) is 3. The first-order chi connectivity index (χ1) is 9.31. The van der Waals surface area contributed by atoms with Crippen molar-refractivity contribution in [1.82, 2.24) is 5.32 Å². The van der Waals surface area contributed by atoms with Crippen molar-refractivity contribution in [2.24, 2.45) is 11.1 Å². The van der Waals surface area contributed by atoms with E-state index in [4.69, 9.17) is 5.73 Å². The topological polar surface area (TPSA) is 75.4 Å². The lowest BCUT2D eigenvalue weighted by Gasteiger charge is -2.23. The molecule has 2 atom stereocenters. The number of carbonyl (C=O) groups is 1. The van der Waals surface area contributed by atoms with Crippen molar-refractivity contribution in [3.05, 3.63) is 35.9 Å². The molecule has 1 amide bonds. The zero-order valence-corrected chi connectivity index (χ0v) is 12.6. The molecule has 20 heavy (non-hydrogen) atoms. The second-order valence-electron chi connectivity index (χ2n) is 6.44. The van der Waals surface area contributed by atoms with Gasteiger partial charge in [0.2, 0.25) is 5.91 Å². The van der Waals surface area contributed by atoms with E-state index in [1.165, 1.54) is 0 Å². The zero-order valence-electron chi connectivity index (χ0n) is 12.6. The van der Waals surface area contributed by atoms with Crippen LogP contribution in [-0.4, -0.2) is 23.7 Å². The summed E-state index contributed by atoms with van der Waals surface area (Å²) >= 11 is 0. The Labute approximate surface area is 121 Å². The van der Waals surface area contributed by atoms with E-state index in [2.05, 4.69) is 26.1 Å². The van der Waals surface area contributed by atoms with E-state index in [0.29, 0.717) is 0 Å². The molecular formula is C16H26N2O2. The van der Waals surface area contributed by atoms with E-state index in [1.807, 2.05) is 30.3 Å². The maximum absolute atomic E-state index is 12.0. The number of amides is 1. The SMILES string of the molecule is CC(C)(C)CC(N)CC(=O)N[C@H](CO)c1ccccc1. The number of aliphatic hydroxyl groups is 1. The maximum atomic E-state index is 12.0. The molecule has 0 saturated heterocycles. The Kier molecular flexibility index (Phi) is 6.17. The fourth-order valence-electron chi connectivity index (χ4n) is 2.27. The van der Waals surface area contributed by atoms with Crippen LogP contribution in [0.1, 0.15) is 45.2 Å². The Morgan fingerprint density at radius 2 is 1.90 bits per heavy atom. The van der Waals surface area contributed by atoms with Crippen LogP contribution in [0.3, 0.4) is 0 Å². The molecule has 0 fully saturated rings. The average molecular weight is 278 g/mol. The van der Waals surface area contributed by atoms with Gasteiger partial charge in [-0.1, -0.05) is 51.1 Å². The number of nitrogens with two attached hydrogens (primary N) is 1. The first-order valence-electron chi connectivity index (χ1n) is 7.02. The van der Waals surface area contributed by atoms with E-state index in [-0.39, 0.29) is 36.4 Å². The Bertz CT molecular complexity index is 412. The summed E-state index contributed by atoms with van der Waals surface area (Å²) in [7, 11) is 0. The predicted molar refractivity (Wildman–Crippen MR) is 81.1 cm³/mol. The average Bonchev–Trinajstić information content (AvgIpc) is 2.34. The third-order valence-corrected chi connectivity index (χ3v) is 3.04. The molecule has 0 spiro atoms. The first kappa shape index (κ1) is 16.7. The highest BCUT2D eigenvalue weighted by Crippen LogP contribution is 2.21. The van der Waals surface area contributed by atoms with Gasteiger partial charge in [-0.15, -0.1) is 0 Å². The number of nitrogens with one attached hydrogen (secondary N) is 1. The number of hydrogen-bond acceptors (Lipinski definition) is 3. The van der Waals surface area contributed by atoms with E-state index >= 15 is 0 Å². The van der Waals surface area contributed by atoms with Gasteiger partial charge in [0.1, 0.15) is 0 Å². The Hall–Kier alpha value is -1.39. The molecule has 0 bridgehead atoms. The van der Waals surface area contributed by atoms with Gasteiger partial charge in [0.05, 0.1) is 12.6 Å². The van der Waals surface area contributed by atoms with E-state index in [1.54, 1.807) is 0 Å². The van der Waals surface area contributed by atoms with Gasteiger partial charge in [-0.05, 0) is 17.4 Å². The number of aliphatic hydroxyl groups excluding tert-OH is 1. The first-order valence-corrected chi connectivity index (χ1v) is 7.02. The summed E-state index contributed by atoms with van der Waals surface area (Å²) in [5.41, 5.74) is 7.00. The van der Waals surface area contributed by atoms with Crippen molar-refractivity contribution in [2.75, 3.05) is 6.61 Å². The lowest BCUT2D eigenvalue weighted by Crippen LogP contribution is -2.36. The van der Waals surface area contributed by atoms with Crippen molar-refractivity contribution < 1.29 is 9.90 Å². The molecule has 0 saturated carbocycles. The van der Waals surface area contributed by atoms with Gasteiger partial charge < -0.3 is 16.2 Å². The van der Waals surface area contributed by atoms with Crippen LogP contribution in [0, 0.1) is 5.41 Å². The number of carbonyl (C=O) groups excluding carboxylic acids is 1. The van der Waals surface area contributed by atoms with Crippen LogP contribution in [0.2, 0.25) is 0 Å². The molecule has 1 aromatic rings. The molecule has 4 nitrogen and oxygen atoms in total. The molecule has 112 valence electrons. The highest BCUT2D eigenvalue weighted by atomic mass is 16.3. The summed E-state index contributed by atoms with van der Waals surface area (Å²) in [5.74, 6) is -0.121. The third-order valence-electron chi connectivity index (χ3n) is 3.04. The van der Waals surface area contributed by atoms with Crippen molar-refractivity contribution in [3.8, 4) is 0 Å². The highest BCUT2D eigenvalue weighted by molar-refractivity contribution is 5.77. The normalized spacial score (nSPS) is 14.7. The van der Waals surface area contributed by atoms with Gasteiger partial charge in [0.25, 0.3) is 0 Å². The van der Waals surface area contributed by atoms with Crippen LogP contribution in [0.25, 0.3) is 0 Å². The molecular weight excluding hydrogens is 252 g/mol. The quantitative estimate of drug-likeness (QED) is 0.745. The fraction of sp³-hybridized carbons (Fsp3) is 0.562. The summed E-state index contributed by atoms with van der Waals surface area (Å²) in [6, 6.07) is 8.91. The van der Waals surface area contributed by atoms with Gasteiger partial charge in [-0.25, -0.2) is 0 Å². The molecule has 1 aromatic carbocycles. The molecule has 0 radical (unpaired) electrons. The van der Waals surface area contributed by atoms with Crippen LogP contribution in [0.5, 0.6) is 0 Å². The third kappa shape index (κ3) is 6.17. The molecule has 0 heterocycles. The van der Waals surface area contributed by atoms with Crippen LogP contribution >= 0.6 is 0 Å². The standard InChI is InChI=1S/C16H26N2O2/c1-16(2,3)10-13(17)9-15(20)18-14(11-19)12-7-5-4-6-8-12/h4-8,13-14,19H,9-11,17H2,1-3H3,(H,18,20)/t13?,14-/m1/s1. The summed E-state index contributed by atoms with van der Waals surface area (Å²) in [5, 5.41) is 12.2. The summed E-state index contributed by atoms with van der Waals surface area (Å²) in [6.07, 6.45) is 1.07. The molecule has 0 aliphatic carbocycles. The molecule has 0 aromatic heterocycles. The van der Waals surface area contributed by atoms with E-state index in [0.717, 1.165) is 12.0 Å². The minimum Gasteiger partial charge on any atom is -0.394 e.